The molecule has 0 saturated heterocycles. The largest absolute Gasteiger partial charge is 0.389 e. The molecule has 35 heavy (non-hydrogen) atoms. The van der Waals surface area contributed by atoms with Crippen molar-refractivity contribution >= 4 is 23.3 Å². The van der Waals surface area contributed by atoms with Gasteiger partial charge in [-0.2, -0.15) is 23.5 Å². The quantitative estimate of drug-likeness (QED) is 0.571. The van der Waals surface area contributed by atoms with Crippen molar-refractivity contribution < 1.29 is 22.8 Å². The zero-order valence-corrected chi connectivity index (χ0v) is 18.6. The Morgan fingerprint density at radius 3 is 2.74 bits per heavy atom. The molecule has 12 heteroatoms. The number of carbonyl (C=O) groups excluding carboxylic acids is 2. The molecule has 0 spiro atoms. The van der Waals surface area contributed by atoms with Gasteiger partial charge in [0, 0.05) is 12.1 Å². The zero-order chi connectivity index (χ0) is 25.2. The highest BCUT2D eigenvalue weighted by molar-refractivity contribution is 6.15. The first-order valence-corrected chi connectivity index (χ1v) is 10.7. The van der Waals surface area contributed by atoms with E-state index in [-0.39, 0.29) is 36.0 Å². The van der Waals surface area contributed by atoms with E-state index >= 15 is 0 Å². The number of hydrogen-bond acceptors (Lipinski definition) is 6. The molecule has 1 aliphatic rings. The molecule has 1 N–H and O–H groups in total. The number of aromatic nitrogens is 4. The van der Waals surface area contributed by atoms with Crippen LogP contribution in [-0.4, -0.2) is 43.8 Å². The third kappa shape index (κ3) is 5.29. The third-order valence-corrected chi connectivity index (χ3v) is 5.46. The first-order chi connectivity index (χ1) is 16.7. The molecule has 0 fully saturated rings. The standard InChI is InChI=1S/C23H20F3N7O2/c1-14-13-32-20(18(11-30-32)21(34)31-16-5-2-4-15(8-16)9-27)22(35)33(14)19-12-28-17(10-29-19)6-3-7-23(24,25)26/h2,4-5,8,10-12,14H,3,6-7,13H2,1H3,(H,31,34). The van der Waals surface area contributed by atoms with E-state index in [0.29, 0.717) is 23.5 Å². The highest BCUT2D eigenvalue weighted by atomic mass is 19.4. The van der Waals surface area contributed by atoms with Crippen LogP contribution in [0.1, 0.15) is 51.9 Å². The van der Waals surface area contributed by atoms with Crippen LogP contribution in [-0.2, 0) is 13.0 Å². The van der Waals surface area contributed by atoms with E-state index in [0.717, 1.165) is 0 Å². The summed E-state index contributed by atoms with van der Waals surface area (Å²) in [6.07, 6.45) is -1.12. The van der Waals surface area contributed by atoms with Crippen LogP contribution < -0.4 is 10.2 Å². The Hall–Kier alpha value is -4.27. The summed E-state index contributed by atoms with van der Waals surface area (Å²) in [5.41, 5.74) is 1.30. The lowest BCUT2D eigenvalue weighted by molar-refractivity contribution is -0.135. The molecule has 0 bridgehead atoms. The number of alkyl halides is 3. The number of nitrogens with zero attached hydrogens (tertiary/aromatic N) is 6. The van der Waals surface area contributed by atoms with Crippen LogP contribution in [0, 0.1) is 11.3 Å². The predicted octanol–water partition coefficient (Wildman–Crippen LogP) is 3.73. The van der Waals surface area contributed by atoms with Gasteiger partial charge in [-0.15, -0.1) is 0 Å². The molecule has 1 atom stereocenters. The van der Waals surface area contributed by atoms with E-state index in [4.69, 9.17) is 5.26 Å². The minimum absolute atomic E-state index is 0.0611. The molecule has 3 heterocycles. The fourth-order valence-electron chi connectivity index (χ4n) is 3.83. The summed E-state index contributed by atoms with van der Waals surface area (Å²) < 4.78 is 38.5. The second-order valence-corrected chi connectivity index (χ2v) is 8.09. The molecular weight excluding hydrogens is 463 g/mol. The van der Waals surface area contributed by atoms with Crippen LogP contribution in [0.15, 0.2) is 42.9 Å². The Kier molecular flexibility index (Phi) is 6.50. The number of nitrogens with one attached hydrogen (secondary N) is 1. The molecule has 1 aromatic carbocycles. The highest BCUT2D eigenvalue weighted by Crippen LogP contribution is 2.26. The van der Waals surface area contributed by atoms with E-state index in [9.17, 15) is 22.8 Å². The van der Waals surface area contributed by atoms with E-state index < -0.39 is 24.4 Å². The topological polar surface area (TPSA) is 117 Å². The SMILES string of the molecule is CC1Cn2ncc(C(=O)Nc3cccc(C#N)c3)c2C(=O)N1c1cnc(CCCC(F)(F)F)cn1. The number of halogens is 3. The number of carbonyl (C=O) groups is 2. The van der Waals surface area contributed by atoms with Gasteiger partial charge in [0.2, 0.25) is 0 Å². The minimum Gasteiger partial charge on any atom is -0.322 e. The number of benzene rings is 1. The Labute approximate surface area is 198 Å². The summed E-state index contributed by atoms with van der Waals surface area (Å²) in [5, 5.41) is 15.9. The van der Waals surface area contributed by atoms with Crippen LogP contribution in [0.4, 0.5) is 24.7 Å². The van der Waals surface area contributed by atoms with Gasteiger partial charge >= 0.3 is 6.18 Å². The Morgan fingerprint density at radius 1 is 1.26 bits per heavy atom. The molecule has 180 valence electrons. The fourth-order valence-corrected chi connectivity index (χ4v) is 3.83. The van der Waals surface area contributed by atoms with E-state index in [1.807, 2.05) is 6.07 Å². The minimum atomic E-state index is -4.23. The number of aryl methyl sites for hydroxylation is 1. The highest BCUT2D eigenvalue weighted by Gasteiger charge is 2.36. The lowest BCUT2D eigenvalue weighted by atomic mass is 10.1. The number of hydrogen-bond donors (Lipinski definition) is 1. The van der Waals surface area contributed by atoms with Crippen molar-refractivity contribution in [3.05, 3.63) is 65.4 Å². The summed E-state index contributed by atoms with van der Waals surface area (Å²) in [6.45, 7) is 2.09. The predicted molar refractivity (Wildman–Crippen MR) is 119 cm³/mol. The zero-order valence-electron chi connectivity index (χ0n) is 18.6. The van der Waals surface area contributed by atoms with Crippen LogP contribution in [0.2, 0.25) is 0 Å². The number of amides is 2. The van der Waals surface area contributed by atoms with Gasteiger partial charge in [-0.1, -0.05) is 6.07 Å². The molecule has 0 aliphatic carbocycles. The maximum atomic E-state index is 13.4. The molecule has 2 aromatic heterocycles. The Morgan fingerprint density at radius 2 is 2.06 bits per heavy atom. The number of nitriles is 1. The van der Waals surface area contributed by atoms with Crippen LogP contribution in [0.5, 0.6) is 0 Å². The van der Waals surface area contributed by atoms with Gasteiger partial charge in [-0.25, -0.2) is 4.98 Å². The van der Waals surface area contributed by atoms with Crippen LogP contribution >= 0.6 is 0 Å². The molecule has 0 saturated carbocycles. The smallest absolute Gasteiger partial charge is 0.322 e. The fraction of sp³-hybridized carbons (Fsp3) is 0.304. The van der Waals surface area contributed by atoms with Crippen LogP contribution in [0.25, 0.3) is 0 Å². The Bertz CT molecular complexity index is 1300. The molecule has 9 nitrogen and oxygen atoms in total. The van der Waals surface area contributed by atoms with E-state index in [1.54, 1.807) is 25.1 Å². The normalized spacial score (nSPS) is 15.5. The van der Waals surface area contributed by atoms with Gasteiger partial charge < -0.3 is 5.32 Å². The summed E-state index contributed by atoms with van der Waals surface area (Å²) in [5.74, 6) is -0.839. The first kappa shape index (κ1) is 23.9. The van der Waals surface area contributed by atoms with Crippen molar-refractivity contribution in [1.82, 2.24) is 19.7 Å². The van der Waals surface area contributed by atoms with Gasteiger partial charge in [0.1, 0.15) is 5.69 Å². The average Bonchev–Trinajstić information content (AvgIpc) is 3.23. The molecule has 2 amide bonds. The summed E-state index contributed by atoms with van der Waals surface area (Å²) in [7, 11) is 0. The summed E-state index contributed by atoms with van der Waals surface area (Å²) in [4.78, 5) is 36.1. The van der Waals surface area contributed by atoms with Crippen molar-refractivity contribution in [3.63, 3.8) is 0 Å². The molecule has 1 aliphatic heterocycles. The molecule has 1 unspecified atom stereocenters. The number of rotatable bonds is 6. The lowest BCUT2D eigenvalue weighted by Crippen LogP contribution is -2.48. The number of fused-ring (bicyclic) bond motifs is 1. The van der Waals surface area contributed by atoms with E-state index in [2.05, 4.69) is 20.4 Å². The second-order valence-electron chi connectivity index (χ2n) is 8.09. The van der Waals surface area contributed by atoms with Gasteiger partial charge in [-0.3, -0.25) is 24.2 Å². The van der Waals surface area contributed by atoms with Crippen molar-refractivity contribution in [2.24, 2.45) is 0 Å². The van der Waals surface area contributed by atoms with Gasteiger partial charge in [0.25, 0.3) is 11.8 Å². The molecule has 4 rings (SSSR count). The van der Waals surface area contributed by atoms with Crippen molar-refractivity contribution in [3.8, 4) is 6.07 Å². The summed E-state index contributed by atoms with van der Waals surface area (Å²) >= 11 is 0. The lowest BCUT2D eigenvalue weighted by Gasteiger charge is -2.33. The monoisotopic (exact) mass is 483 g/mol. The second kappa shape index (κ2) is 9.54. The summed E-state index contributed by atoms with van der Waals surface area (Å²) in [6, 6.07) is 7.99. The maximum Gasteiger partial charge on any atom is 0.389 e. The Balaban J connectivity index is 1.53. The first-order valence-electron chi connectivity index (χ1n) is 10.7. The van der Waals surface area contributed by atoms with Crippen molar-refractivity contribution in [2.45, 2.75) is 44.9 Å². The van der Waals surface area contributed by atoms with Crippen molar-refractivity contribution in [1.29, 1.82) is 5.26 Å². The maximum absolute atomic E-state index is 13.4. The molecule has 0 radical (unpaired) electrons. The number of anilines is 2. The van der Waals surface area contributed by atoms with Gasteiger partial charge in [0.05, 0.1) is 54.1 Å². The van der Waals surface area contributed by atoms with Crippen molar-refractivity contribution in [2.75, 3.05) is 10.2 Å². The average molecular weight is 483 g/mol. The molecular formula is C23H20F3N7O2. The molecule has 3 aromatic rings. The van der Waals surface area contributed by atoms with Crippen LogP contribution in [0.3, 0.4) is 0 Å². The van der Waals surface area contributed by atoms with Gasteiger partial charge in [0.15, 0.2) is 5.82 Å². The van der Waals surface area contributed by atoms with E-state index in [1.165, 1.54) is 34.2 Å². The van der Waals surface area contributed by atoms with Gasteiger partial charge in [-0.05, 0) is 38.0 Å². The third-order valence-electron chi connectivity index (χ3n) is 5.46.